The summed E-state index contributed by atoms with van der Waals surface area (Å²) in [4.78, 5) is 10.9. The van der Waals surface area contributed by atoms with E-state index in [1.165, 1.54) is 12.1 Å². The minimum atomic E-state index is -1.02. The maximum absolute atomic E-state index is 13.2. The average Bonchev–Trinajstić information content (AvgIpc) is 2.26. The van der Waals surface area contributed by atoms with Crippen molar-refractivity contribution in [3.05, 3.63) is 35.6 Å². The molecule has 0 bridgehead atoms. The van der Waals surface area contributed by atoms with Crippen LogP contribution in [0, 0.1) is 5.82 Å². The van der Waals surface area contributed by atoms with Crippen LogP contribution in [0.4, 0.5) is 4.39 Å². The van der Waals surface area contributed by atoms with E-state index in [1.54, 1.807) is 12.1 Å². The van der Waals surface area contributed by atoms with E-state index in [4.69, 9.17) is 0 Å². The van der Waals surface area contributed by atoms with Gasteiger partial charge in [-0.3, -0.25) is 4.79 Å². The summed E-state index contributed by atoms with van der Waals surface area (Å²) in [5.41, 5.74) is 0.187. The van der Waals surface area contributed by atoms with E-state index in [1.807, 2.05) is 0 Å². The number of halogens is 2. The van der Waals surface area contributed by atoms with Gasteiger partial charge in [-0.15, -0.1) is 0 Å². The Balaban J connectivity index is 2.57. The fraction of sp³-hybridized carbons (Fsp3) is 0.300. The van der Waals surface area contributed by atoms with E-state index in [-0.39, 0.29) is 23.3 Å². The van der Waals surface area contributed by atoms with Gasteiger partial charge in [-0.05, 0) is 6.07 Å². The Labute approximate surface area is 95.4 Å². The van der Waals surface area contributed by atoms with E-state index in [0.717, 1.165) is 0 Å². The molecule has 1 aromatic rings. The smallest absolute Gasteiger partial charge is 0.230 e. The van der Waals surface area contributed by atoms with Crippen LogP contribution in [0.3, 0.4) is 0 Å². The molecule has 1 aromatic carbocycles. The highest BCUT2D eigenvalue weighted by Gasteiger charge is 2.12. The molecule has 1 amide bonds. The summed E-state index contributed by atoms with van der Waals surface area (Å²) in [6.07, 6.45) is -1.02. The molecule has 0 aliphatic rings. The van der Waals surface area contributed by atoms with Crippen molar-refractivity contribution in [1.29, 1.82) is 0 Å². The minimum absolute atomic E-state index is 0.00532. The zero-order valence-electron chi connectivity index (χ0n) is 7.91. The molecule has 1 rings (SSSR count). The standard InChI is InChI=1S/C10H11BrFNO2/c11-5-10(15)13-6-9(14)7-3-1-2-4-8(7)12/h1-4,9,14H,5-6H2,(H,13,15)/t9-/m1/s1. The van der Waals surface area contributed by atoms with Crippen molar-refractivity contribution in [2.24, 2.45) is 0 Å². The highest BCUT2D eigenvalue weighted by Crippen LogP contribution is 2.15. The summed E-state index contributed by atoms with van der Waals surface area (Å²) in [7, 11) is 0. The lowest BCUT2D eigenvalue weighted by atomic mass is 10.1. The lowest BCUT2D eigenvalue weighted by Crippen LogP contribution is -2.29. The predicted molar refractivity (Wildman–Crippen MR) is 58.2 cm³/mol. The molecule has 0 saturated heterocycles. The third kappa shape index (κ3) is 3.60. The van der Waals surface area contributed by atoms with Crippen LogP contribution < -0.4 is 5.32 Å². The molecular weight excluding hydrogens is 265 g/mol. The zero-order valence-corrected chi connectivity index (χ0v) is 9.50. The van der Waals surface area contributed by atoms with E-state index in [0.29, 0.717) is 0 Å². The second kappa shape index (κ2) is 5.82. The Hall–Kier alpha value is -0.940. The third-order valence-corrected chi connectivity index (χ3v) is 2.39. The van der Waals surface area contributed by atoms with Gasteiger partial charge in [-0.2, -0.15) is 0 Å². The molecular formula is C10H11BrFNO2. The zero-order chi connectivity index (χ0) is 11.3. The first kappa shape index (κ1) is 12.1. The largest absolute Gasteiger partial charge is 0.386 e. The monoisotopic (exact) mass is 275 g/mol. The molecule has 0 fully saturated rings. The number of benzene rings is 1. The Bertz CT molecular complexity index is 346. The summed E-state index contributed by atoms with van der Waals surface area (Å²) >= 11 is 2.97. The van der Waals surface area contributed by atoms with E-state index in [9.17, 15) is 14.3 Å². The Morgan fingerprint density at radius 3 is 2.80 bits per heavy atom. The molecule has 0 radical (unpaired) electrons. The molecule has 15 heavy (non-hydrogen) atoms. The maximum Gasteiger partial charge on any atom is 0.230 e. The summed E-state index contributed by atoms with van der Waals surface area (Å²) in [5, 5.41) is 12.2. The lowest BCUT2D eigenvalue weighted by molar-refractivity contribution is -0.118. The summed E-state index contributed by atoms with van der Waals surface area (Å²) in [6.45, 7) is 0.00532. The number of alkyl halides is 1. The number of hydrogen-bond acceptors (Lipinski definition) is 2. The first-order valence-electron chi connectivity index (χ1n) is 4.40. The van der Waals surface area contributed by atoms with Gasteiger partial charge in [0.15, 0.2) is 0 Å². The molecule has 82 valence electrons. The van der Waals surface area contributed by atoms with Crippen molar-refractivity contribution in [2.75, 3.05) is 11.9 Å². The molecule has 0 aliphatic carbocycles. The van der Waals surface area contributed by atoms with Crippen LogP contribution in [0.25, 0.3) is 0 Å². The molecule has 3 nitrogen and oxygen atoms in total. The summed E-state index contributed by atoms with van der Waals surface area (Å²) in [6, 6.07) is 5.93. The van der Waals surface area contributed by atoms with Gasteiger partial charge in [0, 0.05) is 12.1 Å². The SMILES string of the molecule is O=C(CBr)NC[C@@H](O)c1ccccc1F. The molecule has 0 aliphatic heterocycles. The van der Waals surface area contributed by atoms with Gasteiger partial charge in [0.25, 0.3) is 0 Å². The van der Waals surface area contributed by atoms with Crippen LogP contribution in [0.5, 0.6) is 0 Å². The normalized spacial score (nSPS) is 12.2. The van der Waals surface area contributed by atoms with Crippen LogP contribution in [0.2, 0.25) is 0 Å². The number of amides is 1. The van der Waals surface area contributed by atoms with Gasteiger partial charge in [0.1, 0.15) is 5.82 Å². The maximum atomic E-state index is 13.2. The second-order valence-corrected chi connectivity index (χ2v) is 3.54. The number of rotatable bonds is 4. The number of carbonyl (C=O) groups excluding carboxylic acids is 1. The van der Waals surface area contributed by atoms with Crippen molar-refractivity contribution < 1.29 is 14.3 Å². The van der Waals surface area contributed by atoms with Crippen molar-refractivity contribution in [3.63, 3.8) is 0 Å². The van der Waals surface area contributed by atoms with Gasteiger partial charge in [-0.25, -0.2) is 4.39 Å². The quantitative estimate of drug-likeness (QED) is 0.816. The number of carbonyl (C=O) groups is 1. The van der Waals surface area contributed by atoms with Gasteiger partial charge in [0.05, 0.1) is 11.4 Å². The fourth-order valence-electron chi connectivity index (χ4n) is 1.11. The molecule has 0 unspecified atom stereocenters. The van der Waals surface area contributed by atoms with E-state index >= 15 is 0 Å². The van der Waals surface area contributed by atoms with E-state index < -0.39 is 11.9 Å². The van der Waals surface area contributed by atoms with Crippen LogP contribution >= 0.6 is 15.9 Å². The number of nitrogens with one attached hydrogen (secondary N) is 1. The molecule has 0 spiro atoms. The Morgan fingerprint density at radius 1 is 1.53 bits per heavy atom. The predicted octanol–water partition coefficient (Wildman–Crippen LogP) is 1.37. The minimum Gasteiger partial charge on any atom is -0.386 e. The molecule has 1 atom stereocenters. The third-order valence-electron chi connectivity index (χ3n) is 1.88. The van der Waals surface area contributed by atoms with Gasteiger partial charge >= 0.3 is 0 Å². The number of hydrogen-bond donors (Lipinski definition) is 2. The van der Waals surface area contributed by atoms with Gasteiger partial charge < -0.3 is 10.4 Å². The highest BCUT2D eigenvalue weighted by atomic mass is 79.9. The molecule has 0 aromatic heterocycles. The Morgan fingerprint density at radius 2 is 2.20 bits per heavy atom. The van der Waals surface area contributed by atoms with Gasteiger partial charge in [-0.1, -0.05) is 34.1 Å². The molecule has 0 saturated carbocycles. The lowest BCUT2D eigenvalue weighted by Gasteiger charge is -2.12. The van der Waals surface area contributed by atoms with Crippen LogP contribution in [-0.4, -0.2) is 22.9 Å². The topological polar surface area (TPSA) is 49.3 Å². The van der Waals surface area contributed by atoms with Crippen LogP contribution in [0.1, 0.15) is 11.7 Å². The summed E-state index contributed by atoms with van der Waals surface area (Å²) < 4.78 is 13.2. The Kier molecular flexibility index (Phi) is 4.71. The number of aliphatic hydroxyl groups is 1. The first-order valence-corrected chi connectivity index (χ1v) is 5.52. The average molecular weight is 276 g/mol. The van der Waals surface area contributed by atoms with Crippen LogP contribution in [-0.2, 0) is 4.79 Å². The molecule has 5 heteroatoms. The first-order chi connectivity index (χ1) is 7.15. The van der Waals surface area contributed by atoms with Crippen molar-refractivity contribution in [2.45, 2.75) is 6.10 Å². The van der Waals surface area contributed by atoms with Crippen molar-refractivity contribution in [3.8, 4) is 0 Å². The van der Waals surface area contributed by atoms with Crippen molar-refractivity contribution >= 4 is 21.8 Å². The molecule has 0 heterocycles. The second-order valence-electron chi connectivity index (χ2n) is 2.98. The van der Waals surface area contributed by atoms with Crippen molar-refractivity contribution in [1.82, 2.24) is 5.32 Å². The highest BCUT2D eigenvalue weighted by molar-refractivity contribution is 9.09. The van der Waals surface area contributed by atoms with Gasteiger partial charge in [0.2, 0.25) is 5.91 Å². The van der Waals surface area contributed by atoms with Crippen LogP contribution in [0.15, 0.2) is 24.3 Å². The molecule has 2 N–H and O–H groups in total. The van der Waals surface area contributed by atoms with E-state index in [2.05, 4.69) is 21.2 Å². The fourth-order valence-corrected chi connectivity index (χ4v) is 1.31. The summed E-state index contributed by atoms with van der Waals surface area (Å²) in [5.74, 6) is -0.719. The number of aliphatic hydroxyl groups excluding tert-OH is 1.